The first-order chi connectivity index (χ1) is 12.5. The lowest BCUT2D eigenvalue weighted by atomic mass is 10.2. The number of nitrogens with one attached hydrogen (secondary N) is 1. The zero-order valence-corrected chi connectivity index (χ0v) is 15.7. The van der Waals surface area contributed by atoms with Crippen LogP contribution < -0.4 is 5.32 Å². The number of thioether (sulfide) groups is 1. The molecule has 4 rings (SSSR count). The van der Waals surface area contributed by atoms with Crippen LogP contribution in [0.25, 0.3) is 11.2 Å². The van der Waals surface area contributed by atoms with E-state index in [1.807, 2.05) is 24.3 Å². The van der Waals surface area contributed by atoms with Crippen molar-refractivity contribution in [2.24, 2.45) is 0 Å². The number of hydrogen-bond donors (Lipinski definition) is 3. The smallest absolute Gasteiger partial charge is 0.226 e. The second-order valence-electron chi connectivity index (χ2n) is 5.89. The molecule has 1 aliphatic rings. The van der Waals surface area contributed by atoms with E-state index >= 15 is 0 Å². The molecule has 3 heterocycles. The van der Waals surface area contributed by atoms with Gasteiger partial charge in [0.2, 0.25) is 5.28 Å². The number of aliphatic hydroxyl groups excluding tert-OH is 2. The van der Waals surface area contributed by atoms with E-state index in [2.05, 4.69) is 20.3 Å². The quantitative estimate of drug-likeness (QED) is 0.567. The first kappa shape index (κ1) is 17.8. The molecule has 1 fully saturated rings. The lowest BCUT2D eigenvalue weighted by molar-refractivity contribution is 0.0313. The van der Waals surface area contributed by atoms with E-state index in [0.29, 0.717) is 34.3 Å². The van der Waals surface area contributed by atoms with Crippen LogP contribution in [0.4, 0.5) is 5.82 Å². The van der Waals surface area contributed by atoms with Gasteiger partial charge in [0.05, 0.1) is 12.4 Å². The molecule has 0 spiro atoms. The van der Waals surface area contributed by atoms with Crippen molar-refractivity contribution in [3.63, 3.8) is 0 Å². The maximum absolute atomic E-state index is 10.2. The highest BCUT2D eigenvalue weighted by molar-refractivity contribution is 7.99. The summed E-state index contributed by atoms with van der Waals surface area (Å²) in [6, 6.07) is 7.51. The predicted molar refractivity (Wildman–Crippen MR) is 103 cm³/mol. The molecule has 136 valence electrons. The minimum atomic E-state index is -0.898. The zero-order valence-electron chi connectivity index (χ0n) is 13.4. The topological polar surface area (TPSA) is 96.1 Å². The number of hydrogen-bond acceptors (Lipinski definition) is 7. The van der Waals surface area contributed by atoms with Gasteiger partial charge in [0.1, 0.15) is 11.5 Å². The van der Waals surface area contributed by atoms with E-state index in [9.17, 15) is 10.2 Å². The number of benzene rings is 1. The Labute approximate surface area is 163 Å². The Hall–Kier alpha value is -1.58. The van der Waals surface area contributed by atoms with Crippen molar-refractivity contribution in [3.05, 3.63) is 46.5 Å². The van der Waals surface area contributed by atoms with Crippen molar-refractivity contribution in [2.45, 2.75) is 24.1 Å². The lowest BCUT2D eigenvalue weighted by Crippen LogP contribution is -2.27. The normalized spacial score (nSPS) is 22.8. The van der Waals surface area contributed by atoms with E-state index in [-0.39, 0.29) is 10.7 Å². The third-order valence-corrected chi connectivity index (χ3v) is 6.12. The fraction of sp³-hybridized carbons (Fsp3) is 0.312. The highest BCUT2D eigenvalue weighted by Crippen LogP contribution is 2.38. The van der Waals surface area contributed by atoms with Crippen LogP contribution >= 0.6 is 35.0 Å². The third kappa shape index (κ3) is 3.23. The molecule has 10 heteroatoms. The summed E-state index contributed by atoms with van der Waals surface area (Å²) in [5.41, 5.74) is 1.95. The van der Waals surface area contributed by atoms with Gasteiger partial charge in [-0.1, -0.05) is 29.8 Å². The first-order valence-corrected chi connectivity index (χ1v) is 9.70. The van der Waals surface area contributed by atoms with Crippen molar-refractivity contribution in [1.29, 1.82) is 0 Å². The number of halogens is 2. The standard InChI is InChI=1S/C16H15Cl2N5O2S/c17-9-4-2-1-3-8(9)5-19-13-11-14(22-16(18)21-13)23(7-20-11)15-12(25)10(24)6-26-15/h1-4,7,10,12,15,24-25H,5-6H2,(H,19,21,22). The molecule has 0 aliphatic carbocycles. The van der Waals surface area contributed by atoms with Gasteiger partial charge in [-0.2, -0.15) is 9.97 Å². The van der Waals surface area contributed by atoms with E-state index in [4.69, 9.17) is 23.2 Å². The van der Waals surface area contributed by atoms with Crippen LogP contribution in [-0.2, 0) is 6.54 Å². The van der Waals surface area contributed by atoms with Crippen molar-refractivity contribution < 1.29 is 10.2 Å². The van der Waals surface area contributed by atoms with Gasteiger partial charge in [-0.3, -0.25) is 4.57 Å². The highest BCUT2D eigenvalue weighted by Gasteiger charge is 2.36. The SMILES string of the molecule is OC1CSC(n2cnc3c(NCc4ccccc4Cl)nc(Cl)nc32)C1O. The van der Waals surface area contributed by atoms with E-state index in [1.165, 1.54) is 11.8 Å². The summed E-state index contributed by atoms with van der Waals surface area (Å²) in [7, 11) is 0. The molecule has 3 N–H and O–H groups in total. The van der Waals surface area contributed by atoms with Crippen LogP contribution in [0.2, 0.25) is 10.3 Å². The molecule has 1 aliphatic heterocycles. The highest BCUT2D eigenvalue weighted by atomic mass is 35.5. The minimum Gasteiger partial charge on any atom is -0.389 e. The lowest BCUT2D eigenvalue weighted by Gasteiger charge is -2.17. The van der Waals surface area contributed by atoms with E-state index in [1.54, 1.807) is 10.9 Å². The third-order valence-electron chi connectivity index (χ3n) is 4.20. The van der Waals surface area contributed by atoms with Gasteiger partial charge >= 0.3 is 0 Å². The molecular weight excluding hydrogens is 397 g/mol. The number of aliphatic hydroxyl groups is 2. The van der Waals surface area contributed by atoms with Gasteiger partial charge in [0, 0.05) is 17.3 Å². The molecule has 2 aromatic heterocycles. The number of nitrogens with zero attached hydrogens (tertiary/aromatic N) is 4. The average Bonchev–Trinajstić information content (AvgIpc) is 3.18. The summed E-state index contributed by atoms with van der Waals surface area (Å²) in [6.45, 7) is 0.453. The Morgan fingerprint density at radius 2 is 2.04 bits per heavy atom. The molecule has 0 saturated carbocycles. The summed E-state index contributed by atoms with van der Waals surface area (Å²) in [6.07, 6.45) is -0.0989. The molecular formula is C16H15Cl2N5O2S. The van der Waals surface area contributed by atoms with Crippen molar-refractivity contribution >= 4 is 51.9 Å². The Morgan fingerprint density at radius 3 is 2.77 bits per heavy atom. The van der Waals surface area contributed by atoms with E-state index < -0.39 is 12.2 Å². The molecule has 1 saturated heterocycles. The van der Waals surface area contributed by atoms with Crippen LogP contribution in [0.15, 0.2) is 30.6 Å². The fourth-order valence-electron chi connectivity index (χ4n) is 2.85. The van der Waals surface area contributed by atoms with Gasteiger partial charge in [-0.25, -0.2) is 4.98 Å². The minimum absolute atomic E-state index is 0.0685. The van der Waals surface area contributed by atoms with Gasteiger partial charge in [-0.05, 0) is 23.2 Å². The van der Waals surface area contributed by atoms with Crippen molar-refractivity contribution in [2.75, 3.05) is 11.1 Å². The van der Waals surface area contributed by atoms with E-state index in [0.717, 1.165) is 5.56 Å². The molecule has 3 unspecified atom stereocenters. The first-order valence-electron chi connectivity index (χ1n) is 7.89. The number of aromatic nitrogens is 4. The average molecular weight is 412 g/mol. The molecule has 3 aromatic rings. The summed E-state index contributed by atoms with van der Waals surface area (Å²) in [5.74, 6) is 0.929. The summed E-state index contributed by atoms with van der Waals surface area (Å²) >= 11 is 13.7. The molecule has 0 amide bonds. The number of fused-ring (bicyclic) bond motifs is 1. The fourth-order valence-corrected chi connectivity index (χ4v) is 4.50. The maximum atomic E-state index is 10.2. The Kier molecular flexibility index (Phi) is 4.94. The summed E-state index contributed by atoms with van der Waals surface area (Å²) in [5, 5.41) is 23.5. The largest absolute Gasteiger partial charge is 0.389 e. The second-order valence-corrected chi connectivity index (χ2v) is 7.79. The summed E-state index contributed by atoms with van der Waals surface area (Å²) in [4.78, 5) is 12.9. The Morgan fingerprint density at radius 1 is 1.23 bits per heavy atom. The number of rotatable bonds is 4. The van der Waals surface area contributed by atoms with Gasteiger partial charge in [0.25, 0.3) is 0 Å². The summed E-state index contributed by atoms with van der Waals surface area (Å²) < 4.78 is 1.72. The van der Waals surface area contributed by atoms with Crippen molar-refractivity contribution in [3.8, 4) is 0 Å². The van der Waals surface area contributed by atoms with Crippen LogP contribution in [0.3, 0.4) is 0 Å². The molecule has 7 nitrogen and oxygen atoms in total. The van der Waals surface area contributed by atoms with Crippen molar-refractivity contribution in [1.82, 2.24) is 19.5 Å². The van der Waals surface area contributed by atoms with Crippen LogP contribution in [0.1, 0.15) is 10.9 Å². The predicted octanol–water partition coefficient (Wildman–Crippen LogP) is 2.71. The molecule has 1 aromatic carbocycles. The number of anilines is 1. The van der Waals surface area contributed by atoms with Crippen LogP contribution in [-0.4, -0.2) is 47.7 Å². The number of imidazole rings is 1. The van der Waals surface area contributed by atoms with Gasteiger partial charge < -0.3 is 15.5 Å². The molecule has 3 atom stereocenters. The maximum Gasteiger partial charge on any atom is 0.226 e. The second kappa shape index (κ2) is 7.21. The van der Waals surface area contributed by atoms with Crippen LogP contribution in [0.5, 0.6) is 0 Å². The molecule has 0 bridgehead atoms. The molecule has 26 heavy (non-hydrogen) atoms. The van der Waals surface area contributed by atoms with Gasteiger partial charge in [0.15, 0.2) is 17.0 Å². The zero-order chi connectivity index (χ0) is 18.3. The van der Waals surface area contributed by atoms with Gasteiger partial charge in [-0.15, -0.1) is 11.8 Å². The Bertz CT molecular complexity index is 954. The van der Waals surface area contributed by atoms with Crippen LogP contribution in [0, 0.1) is 0 Å². The molecule has 0 radical (unpaired) electrons. The Balaban J connectivity index is 1.67. The monoisotopic (exact) mass is 411 g/mol.